The topological polar surface area (TPSA) is 75.3 Å². The van der Waals surface area contributed by atoms with Crippen molar-refractivity contribution in [3.8, 4) is 0 Å². The summed E-state index contributed by atoms with van der Waals surface area (Å²) >= 11 is 0. The van der Waals surface area contributed by atoms with Crippen LogP contribution in [-0.2, 0) is 4.79 Å². The zero-order valence-electron chi connectivity index (χ0n) is 18.2. The summed E-state index contributed by atoms with van der Waals surface area (Å²) in [7, 11) is 0. The summed E-state index contributed by atoms with van der Waals surface area (Å²) in [5, 5.41) is 11.6. The fourth-order valence-electron chi connectivity index (χ4n) is 2.82. The molecule has 4 heteroatoms. The molecule has 0 bridgehead atoms. The first-order valence-corrected chi connectivity index (χ1v) is 11.1. The summed E-state index contributed by atoms with van der Waals surface area (Å²) in [4.78, 5) is 10.3. The van der Waals surface area contributed by atoms with Crippen LogP contribution in [0.25, 0.3) is 0 Å². The minimum atomic E-state index is -0.655. The highest BCUT2D eigenvalue weighted by molar-refractivity contribution is 5.66. The second kappa shape index (κ2) is 20.7. The number of rotatable bonds is 17. The van der Waals surface area contributed by atoms with Crippen molar-refractivity contribution in [2.24, 2.45) is 5.73 Å². The normalized spacial score (nSPS) is 13.0. The number of carbonyl (C=O) groups is 1. The Balaban J connectivity index is 0. The van der Waals surface area contributed by atoms with E-state index in [2.05, 4.69) is 26.1 Å². The highest BCUT2D eigenvalue weighted by atomic mass is 16.4. The van der Waals surface area contributed by atoms with Crippen molar-refractivity contribution in [2.75, 3.05) is 6.54 Å². The second-order valence-corrected chi connectivity index (χ2v) is 7.69. The maximum atomic E-state index is 10.3. The lowest BCUT2D eigenvalue weighted by atomic mass is 10.0. The van der Waals surface area contributed by atoms with E-state index in [4.69, 9.17) is 10.8 Å². The molecule has 0 fully saturated rings. The lowest BCUT2D eigenvalue weighted by molar-refractivity contribution is -0.137. The van der Waals surface area contributed by atoms with Gasteiger partial charge in [-0.15, -0.1) is 0 Å². The van der Waals surface area contributed by atoms with E-state index in [1.165, 1.54) is 70.6 Å². The Morgan fingerprint density at radius 1 is 0.808 bits per heavy atom. The van der Waals surface area contributed by atoms with E-state index in [1.807, 2.05) is 6.92 Å². The molecule has 0 rings (SSSR count). The number of unbranched alkanes of at least 4 members (excludes halogenated alkanes) is 12. The standard InChI is InChI=1S/C16H32O2.C6H16N2/c1-2-3-4-5-6-7-8-9-10-11-12-13-14-15-16(17)18;1-4-6(3,7)8-5-2/h2-15H2,1H3,(H,17,18);8H,4-5,7H2,1-3H3. The van der Waals surface area contributed by atoms with Gasteiger partial charge >= 0.3 is 5.97 Å². The summed E-state index contributed by atoms with van der Waals surface area (Å²) in [6.45, 7) is 9.33. The fraction of sp³-hybridized carbons (Fsp3) is 0.955. The van der Waals surface area contributed by atoms with E-state index in [0.29, 0.717) is 6.42 Å². The van der Waals surface area contributed by atoms with Crippen LogP contribution in [0, 0.1) is 0 Å². The number of carboxylic acids is 1. The van der Waals surface area contributed by atoms with Gasteiger partial charge in [-0.05, 0) is 26.3 Å². The Morgan fingerprint density at radius 3 is 1.46 bits per heavy atom. The molecule has 0 aliphatic heterocycles. The number of aliphatic carboxylic acids is 1. The Labute approximate surface area is 163 Å². The van der Waals surface area contributed by atoms with Gasteiger partial charge in [0.25, 0.3) is 0 Å². The molecule has 0 aliphatic carbocycles. The number of nitrogens with one attached hydrogen (secondary N) is 1. The molecule has 0 heterocycles. The predicted octanol–water partition coefficient (Wildman–Crippen LogP) is 6.23. The van der Waals surface area contributed by atoms with Crippen LogP contribution in [0.1, 0.15) is 124 Å². The number of carboxylic acid groups (broad SMARTS) is 1. The first-order valence-electron chi connectivity index (χ1n) is 11.1. The first kappa shape index (κ1) is 27.6. The third-order valence-electron chi connectivity index (χ3n) is 4.81. The summed E-state index contributed by atoms with van der Waals surface area (Å²) in [6, 6.07) is 0. The van der Waals surface area contributed by atoms with Gasteiger partial charge in [-0.25, -0.2) is 0 Å². The molecule has 4 N–H and O–H groups in total. The van der Waals surface area contributed by atoms with Gasteiger partial charge in [0.1, 0.15) is 0 Å². The molecule has 0 spiro atoms. The molecule has 1 atom stereocenters. The number of nitrogens with two attached hydrogens (primary N) is 1. The van der Waals surface area contributed by atoms with Crippen molar-refractivity contribution in [2.45, 2.75) is 130 Å². The Kier molecular flexibility index (Phi) is 22.0. The van der Waals surface area contributed by atoms with E-state index < -0.39 is 5.97 Å². The van der Waals surface area contributed by atoms with E-state index >= 15 is 0 Å². The quantitative estimate of drug-likeness (QED) is 0.209. The van der Waals surface area contributed by atoms with E-state index in [0.717, 1.165) is 25.8 Å². The van der Waals surface area contributed by atoms with Gasteiger partial charge in [-0.1, -0.05) is 97.8 Å². The highest BCUT2D eigenvalue weighted by Gasteiger charge is 2.11. The SMILES string of the molecule is CCCCCCCCCCCCCCCC(=O)O.CCNC(C)(N)CC. The molecule has 0 amide bonds. The van der Waals surface area contributed by atoms with Crippen LogP contribution in [0.3, 0.4) is 0 Å². The monoisotopic (exact) mass is 372 g/mol. The van der Waals surface area contributed by atoms with Gasteiger partial charge in [0.05, 0.1) is 5.66 Å². The molecule has 158 valence electrons. The Bertz CT molecular complexity index is 294. The minimum absolute atomic E-state index is 0.158. The average Bonchev–Trinajstić information content (AvgIpc) is 2.59. The largest absolute Gasteiger partial charge is 0.481 e. The highest BCUT2D eigenvalue weighted by Crippen LogP contribution is 2.12. The van der Waals surface area contributed by atoms with Crippen LogP contribution in [-0.4, -0.2) is 23.3 Å². The van der Waals surface area contributed by atoms with Crippen LogP contribution in [0.15, 0.2) is 0 Å². The van der Waals surface area contributed by atoms with Gasteiger partial charge in [-0.2, -0.15) is 0 Å². The Hall–Kier alpha value is -0.610. The molecule has 0 aromatic heterocycles. The Morgan fingerprint density at radius 2 is 1.19 bits per heavy atom. The van der Waals surface area contributed by atoms with Crippen molar-refractivity contribution < 1.29 is 9.90 Å². The van der Waals surface area contributed by atoms with Gasteiger partial charge in [0.2, 0.25) is 0 Å². The maximum absolute atomic E-state index is 10.3. The van der Waals surface area contributed by atoms with Gasteiger partial charge in [0, 0.05) is 6.42 Å². The van der Waals surface area contributed by atoms with Crippen molar-refractivity contribution in [1.29, 1.82) is 0 Å². The molecule has 26 heavy (non-hydrogen) atoms. The minimum Gasteiger partial charge on any atom is -0.481 e. The molecule has 0 saturated heterocycles. The van der Waals surface area contributed by atoms with Crippen LogP contribution >= 0.6 is 0 Å². The van der Waals surface area contributed by atoms with E-state index in [-0.39, 0.29) is 5.66 Å². The molecule has 0 aromatic rings. The third-order valence-corrected chi connectivity index (χ3v) is 4.81. The van der Waals surface area contributed by atoms with Crippen LogP contribution < -0.4 is 11.1 Å². The average molecular weight is 373 g/mol. The summed E-state index contributed by atoms with van der Waals surface area (Å²) in [6.07, 6.45) is 18.2. The summed E-state index contributed by atoms with van der Waals surface area (Å²) < 4.78 is 0. The molecule has 1 unspecified atom stereocenters. The molecule has 4 nitrogen and oxygen atoms in total. The van der Waals surface area contributed by atoms with Crippen LogP contribution in [0.2, 0.25) is 0 Å². The van der Waals surface area contributed by atoms with Gasteiger partial charge < -0.3 is 16.2 Å². The van der Waals surface area contributed by atoms with E-state index in [1.54, 1.807) is 0 Å². The zero-order valence-corrected chi connectivity index (χ0v) is 18.2. The lowest BCUT2D eigenvalue weighted by Gasteiger charge is -2.23. The first-order chi connectivity index (χ1) is 12.4. The van der Waals surface area contributed by atoms with Crippen molar-refractivity contribution in [3.63, 3.8) is 0 Å². The molecule has 0 saturated carbocycles. The summed E-state index contributed by atoms with van der Waals surface area (Å²) in [5.41, 5.74) is 5.56. The van der Waals surface area contributed by atoms with Gasteiger partial charge in [0.15, 0.2) is 0 Å². The second-order valence-electron chi connectivity index (χ2n) is 7.69. The van der Waals surface area contributed by atoms with Crippen molar-refractivity contribution >= 4 is 5.97 Å². The zero-order chi connectivity index (χ0) is 20.1. The number of hydrogen-bond acceptors (Lipinski definition) is 3. The molecule has 0 radical (unpaired) electrons. The van der Waals surface area contributed by atoms with Crippen LogP contribution in [0.4, 0.5) is 0 Å². The summed E-state index contributed by atoms with van der Waals surface area (Å²) in [5.74, 6) is -0.655. The molecular weight excluding hydrogens is 324 g/mol. The lowest BCUT2D eigenvalue weighted by Crippen LogP contribution is -2.49. The van der Waals surface area contributed by atoms with Crippen LogP contribution in [0.5, 0.6) is 0 Å². The predicted molar refractivity (Wildman–Crippen MR) is 115 cm³/mol. The smallest absolute Gasteiger partial charge is 0.303 e. The number of hydrogen-bond donors (Lipinski definition) is 3. The molecular formula is C22H48N2O2. The maximum Gasteiger partial charge on any atom is 0.303 e. The third kappa shape index (κ3) is 25.6. The van der Waals surface area contributed by atoms with Gasteiger partial charge in [-0.3, -0.25) is 4.79 Å². The van der Waals surface area contributed by atoms with E-state index in [9.17, 15) is 4.79 Å². The van der Waals surface area contributed by atoms with Crippen molar-refractivity contribution in [3.05, 3.63) is 0 Å². The fourth-order valence-corrected chi connectivity index (χ4v) is 2.82. The van der Waals surface area contributed by atoms with Crippen molar-refractivity contribution in [1.82, 2.24) is 5.32 Å². The molecule has 0 aliphatic rings. The molecule has 0 aromatic carbocycles.